The number of carbonyl (C=O) groups is 2. The standard InChI is InChI=1S/C19H19FN2O3/c20-15-6-4-5-14(9-15)10-18(23)21-11-17-12-22(19(24)13-25-17)16-7-2-1-3-8-16/h1-9,17H,10-13H2,(H,21,23). The molecular formula is C19H19FN2O3. The van der Waals surface area contributed by atoms with Crippen molar-refractivity contribution < 1.29 is 18.7 Å². The van der Waals surface area contributed by atoms with E-state index in [-0.39, 0.29) is 36.8 Å². The van der Waals surface area contributed by atoms with Crippen molar-refractivity contribution in [3.63, 3.8) is 0 Å². The van der Waals surface area contributed by atoms with Crippen molar-refractivity contribution in [3.8, 4) is 0 Å². The minimum absolute atomic E-state index is 0.0146. The lowest BCUT2D eigenvalue weighted by Gasteiger charge is -2.32. The number of amides is 2. The van der Waals surface area contributed by atoms with Gasteiger partial charge in [-0.25, -0.2) is 4.39 Å². The van der Waals surface area contributed by atoms with Crippen LogP contribution < -0.4 is 10.2 Å². The number of halogens is 1. The van der Waals surface area contributed by atoms with E-state index < -0.39 is 0 Å². The maximum atomic E-state index is 13.1. The van der Waals surface area contributed by atoms with Crippen molar-refractivity contribution in [1.82, 2.24) is 5.32 Å². The Labute approximate surface area is 145 Å². The van der Waals surface area contributed by atoms with E-state index in [1.807, 2.05) is 30.3 Å². The summed E-state index contributed by atoms with van der Waals surface area (Å²) in [4.78, 5) is 25.7. The number of nitrogens with one attached hydrogen (secondary N) is 1. The zero-order valence-electron chi connectivity index (χ0n) is 13.7. The molecule has 1 fully saturated rings. The smallest absolute Gasteiger partial charge is 0.253 e. The Bertz CT molecular complexity index is 751. The predicted octanol–water partition coefficient (Wildman–Crippen LogP) is 1.92. The molecule has 0 aromatic heterocycles. The van der Waals surface area contributed by atoms with Crippen LogP contribution in [0.5, 0.6) is 0 Å². The average molecular weight is 342 g/mol. The molecule has 2 aromatic carbocycles. The molecule has 5 nitrogen and oxygen atoms in total. The Hall–Kier alpha value is -2.73. The Morgan fingerprint density at radius 2 is 2.00 bits per heavy atom. The predicted molar refractivity (Wildman–Crippen MR) is 91.6 cm³/mol. The van der Waals surface area contributed by atoms with Gasteiger partial charge in [0.15, 0.2) is 0 Å². The molecule has 1 saturated heterocycles. The molecule has 0 spiro atoms. The van der Waals surface area contributed by atoms with Crippen LogP contribution in [-0.4, -0.2) is 37.6 Å². The van der Waals surface area contributed by atoms with Gasteiger partial charge in [0.1, 0.15) is 12.4 Å². The first kappa shape index (κ1) is 17.1. The van der Waals surface area contributed by atoms with E-state index in [2.05, 4.69) is 5.32 Å². The van der Waals surface area contributed by atoms with Crippen LogP contribution >= 0.6 is 0 Å². The number of hydrogen-bond acceptors (Lipinski definition) is 3. The molecule has 0 aliphatic carbocycles. The summed E-state index contributed by atoms with van der Waals surface area (Å²) >= 11 is 0. The van der Waals surface area contributed by atoms with Crippen molar-refractivity contribution >= 4 is 17.5 Å². The van der Waals surface area contributed by atoms with Gasteiger partial charge in [-0.05, 0) is 29.8 Å². The normalized spacial score (nSPS) is 17.4. The molecule has 0 bridgehead atoms. The quantitative estimate of drug-likeness (QED) is 0.903. The third-order valence-corrected chi connectivity index (χ3v) is 3.98. The van der Waals surface area contributed by atoms with Gasteiger partial charge in [0.25, 0.3) is 5.91 Å². The molecule has 0 radical (unpaired) electrons. The number of benzene rings is 2. The highest BCUT2D eigenvalue weighted by atomic mass is 19.1. The number of nitrogens with zero attached hydrogens (tertiary/aromatic N) is 1. The SMILES string of the molecule is O=C(Cc1cccc(F)c1)NCC1CN(c2ccccc2)C(=O)CO1. The molecule has 1 atom stereocenters. The number of morpholine rings is 1. The Morgan fingerprint density at radius 1 is 1.20 bits per heavy atom. The second-order valence-electron chi connectivity index (χ2n) is 5.88. The molecule has 6 heteroatoms. The number of rotatable bonds is 5. The van der Waals surface area contributed by atoms with Crippen molar-refractivity contribution in [2.24, 2.45) is 0 Å². The molecule has 1 N–H and O–H groups in total. The topological polar surface area (TPSA) is 58.6 Å². The summed E-state index contributed by atoms with van der Waals surface area (Å²) in [6.45, 7) is 0.660. The van der Waals surface area contributed by atoms with Crippen LogP contribution in [0, 0.1) is 5.82 Å². The molecule has 3 rings (SSSR count). The third-order valence-electron chi connectivity index (χ3n) is 3.98. The van der Waals surface area contributed by atoms with E-state index in [4.69, 9.17) is 4.74 Å². The fourth-order valence-electron chi connectivity index (χ4n) is 2.73. The zero-order valence-corrected chi connectivity index (χ0v) is 13.7. The molecule has 2 aromatic rings. The van der Waals surface area contributed by atoms with Crippen molar-refractivity contribution in [3.05, 3.63) is 66.0 Å². The van der Waals surface area contributed by atoms with Gasteiger partial charge in [0.05, 0.1) is 19.1 Å². The number of anilines is 1. The van der Waals surface area contributed by atoms with E-state index in [0.717, 1.165) is 5.69 Å². The Kier molecular flexibility index (Phi) is 5.40. The van der Waals surface area contributed by atoms with E-state index in [9.17, 15) is 14.0 Å². The highest BCUT2D eigenvalue weighted by Crippen LogP contribution is 2.17. The van der Waals surface area contributed by atoms with Crippen LogP contribution in [-0.2, 0) is 20.7 Å². The largest absolute Gasteiger partial charge is 0.365 e. The number of ether oxygens (including phenoxy) is 1. The average Bonchev–Trinajstić information content (AvgIpc) is 2.62. The third kappa shape index (κ3) is 4.64. The molecule has 25 heavy (non-hydrogen) atoms. The first-order chi connectivity index (χ1) is 12.1. The summed E-state index contributed by atoms with van der Waals surface area (Å²) in [5.41, 5.74) is 1.43. The summed E-state index contributed by atoms with van der Waals surface area (Å²) < 4.78 is 18.6. The summed E-state index contributed by atoms with van der Waals surface area (Å²) in [6, 6.07) is 15.3. The molecule has 1 unspecified atom stereocenters. The number of para-hydroxylation sites is 1. The second-order valence-corrected chi connectivity index (χ2v) is 5.88. The van der Waals surface area contributed by atoms with Crippen molar-refractivity contribution in [2.75, 3.05) is 24.6 Å². The van der Waals surface area contributed by atoms with Crippen LogP contribution in [0.15, 0.2) is 54.6 Å². The van der Waals surface area contributed by atoms with Crippen LogP contribution in [0.2, 0.25) is 0 Å². The van der Waals surface area contributed by atoms with Gasteiger partial charge in [-0.3, -0.25) is 9.59 Å². The fourth-order valence-corrected chi connectivity index (χ4v) is 2.73. The monoisotopic (exact) mass is 342 g/mol. The van der Waals surface area contributed by atoms with Crippen molar-refractivity contribution in [2.45, 2.75) is 12.5 Å². The van der Waals surface area contributed by atoms with Gasteiger partial charge in [-0.1, -0.05) is 30.3 Å². The number of carbonyl (C=O) groups excluding carboxylic acids is 2. The fraction of sp³-hybridized carbons (Fsp3) is 0.263. The van der Waals surface area contributed by atoms with Crippen LogP contribution in [0.1, 0.15) is 5.56 Å². The minimum Gasteiger partial charge on any atom is -0.365 e. The van der Waals surface area contributed by atoms with Crippen LogP contribution in [0.25, 0.3) is 0 Å². The second kappa shape index (κ2) is 7.90. The summed E-state index contributed by atoms with van der Waals surface area (Å²) in [5.74, 6) is -0.677. The zero-order chi connectivity index (χ0) is 17.6. The summed E-state index contributed by atoms with van der Waals surface area (Å²) in [6.07, 6.45) is -0.180. The lowest BCUT2D eigenvalue weighted by atomic mass is 10.1. The van der Waals surface area contributed by atoms with Gasteiger partial charge in [0.2, 0.25) is 5.91 Å². The summed E-state index contributed by atoms with van der Waals surface area (Å²) in [7, 11) is 0. The van der Waals surface area contributed by atoms with E-state index in [1.165, 1.54) is 12.1 Å². The maximum Gasteiger partial charge on any atom is 0.253 e. The summed E-state index contributed by atoms with van der Waals surface area (Å²) in [5, 5.41) is 2.78. The van der Waals surface area contributed by atoms with Crippen molar-refractivity contribution in [1.29, 1.82) is 0 Å². The van der Waals surface area contributed by atoms with Gasteiger partial charge >= 0.3 is 0 Å². The van der Waals surface area contributed by atoms with Gasteiger partial charge < -0.3 is 15.0 Å². The Morgan fingerprint density at radius 3 is 2.76 bits per heavy atom. The maximum absolute atomic E-state index is 13.1. The molecule has 130 valence electrons. The van der Waals surface area contributed by atoms with E-state index in [1.54, 1.807) is 17.0 Å². The molecule has 1 aliphatic rings. The minimum atomic E-state index is -0.363. The first-order valence-corrected chi connectivity index (χ1v) is 8.10. The van der Waals surface area contributed by atoms with Crippen LogP contribution in [0.4, 0.5) is 10.1 Å². The molecular weight excluding hydrogens is 323 g/mol. The van der Waals surface area contributed by atoms with E-state index >= 15 is 0 Å². The van der Waals surface area contributed by atoms with Gasteiger partial charge in [-0.15, -0.1) is 0 Å². The van der Waals surface area contributed by atoms with E-state index in [0.29, 0.717) is 18.7 Å². The highest BCUT2D eigenvalue weighted by molar-refractivity contribution is 5.95. The molecule has 1 aliphatic heterocycles. The first-order valence-electron chi connectivity index (χ1n) is 8.10. The van der Waals surface area contributed by atoms with Gasteiger partial charge in [-0.2, -0.15) is 0 Å². The lowest BCUT2D eigenvalue weighted by molar-refractivity contribution is -0.129. The highest BCUT2D eigenvalue weighted by Gasteiger charge is 2.27. The van der Waals surface area contributed by atoms with Gasteiger partial charge in [0, 0.05) is 12.2 Å². The molecule has 0 saturated carbocycles. The molecule has 2 amide bonds. The molecule has 1 heterocycles. The Balaban J connectivity index is 1.53. The number of hydrogen-bond donors (Lipinski definition) is 1. The lowest BCUT2D eigenvalue weighted by Crippen LogP contribution is -2.50. The van der Waals surface area contributed by atoms with Crippen LogP contribution in [0.3, 0.4) is 0 Å².